The van der Waals surface area contributed by atoms with Crippen LogP contribution in [-0.2, 0) is 4.74 Å². The quantitative estimate of drug-likeness (QED) is 0.770. The average Bonchev–Trinajstić information content (AvgIpc) is 2.21. The van der Waals surface area contributed by atoms with E-state index in [9.17, 15) is 0 Å². The second-order valence-corrected chi connectivity index (χ2v) is 6.44. The summed E-state index contributed by atoms with van der Waals surface area (Å²) in [6.07, 6.45) is 0.947. The van der Waals surface area contributed by atoms with Crippen LogP contribution in [0.3, 0.4) is 0 Å². The average molecular weight is 368 g/mol. The predicted molar refractivity (Wildman–Crippen MR) is 83.0 cm³/mol. The molecular weight excluding hydrogens is 349 g/mol. The van der Waals surface area contributed by atoms with E-state index >= 15 is 0 Å². The summed E-state index contributed by atoms with van der Waals surface area (Å²) in [7, 11) is 1.75. The highest BCUT2D eigenvalue weighted by molar-refractivity contribution is 14.1. The summed E-state index contributed by atoms with van der Waals surface area (Å²) in [5.41, 5.74) is 1.01. The fourth-order valence-corrected chi connectivity index (χ4v) is 2.77. The van der Waals surface area contributed by atoms with Gasteiger partial charge in [-0.2, -0.15) is 0 Å². The fraction of sp³-hybridized carbons (Fsp3) is 0.538. The number of benzene rings is 1. The van der Waals surface area contributed by atoms with Crippen LogP contribution in [0.15, 0.2) is 18.2 Å². The molecule has 17 heavy (non-hydrogen) atoms. The number of methoxy groups -OCH3 is 1. The van der Waals surface area contributed by atoms with Crippen molar-refractivity contribution in [1.82, 2.24) is 0 Å². The standard InChI is InChI=1S/C13H19ClINO/c1-9(8-13(2,3)17-4)16-12-6-5-10(14)7-11(12)15/h5-7,9,16H,8H2,1-4H3. The summed E-state index contributed by atoms with van der Waals surface area (Å²) >= 11 is 8.22. The van der Waals surface area contributed by atoms with Crippen molar-refractivity contribution in [3.8, 4) is 0 Å². The van der Waals surface area contributed by atoms with Crippen LogP contribution in [0.1, 0.15) is 27.2 Å². The van der Waals surface area contributed by atoms with Crippen LogP contribution in [0.5, 0.6) is 0 Å². The van der Waals surface area contributed by atoms with Gasteiger partial charge < -0.3 is 10.1 Å². The summed E-state index contributed by atoms with van der Waals surface area (Å²) in [5, 5.41) is 4.25. The molecule has 4 heteroatoms. The number of halogens is 2. The zero-order chi connectivity index (χ0) is 13.1. The number of hydrogen-bond acceptors (Lipinski definition) is 2. The largest absolute Gasteiger partial charge is 0.382 e. The first-order valence-electron chi connectivity index (χ1n) is 5.61. The van der Waals surface area contributed by atoms with Crippen LogP contribution >= 0.6 is 34.2 Å². The Hall–Kier alpha value is -0.000000000000000111. The third-order valence-corrected chi connectivity index (χ3v) is 3.81. The molecule has 0 spiro atoms. The number of anilines is 1. The minimum atomic E-state index is -0.107. The molecular formula is C13H19ClINO. The van der Waals surface area contributed by atoms with Crippen LogP contribution in [0.2, 0.25) is 5.02 Å². The second kappa shape index (κ2) is 6.25. The van der Waals surface area contributed by atoms with Gasteiger partial charge in [-0.1, -0.05) is 11.6 Å². The van der Waals surface area contributed by atoms with Crippen LogP contribution in [0.25, 0.3) is 0 Å². The number of nitrogens with one attached hydrogen (secondary N) is 1. The van der Waals surface area contributed by atoms with E-state index in [1.165, 1.54) is 0 Å². The molecule has 0 saturated carbocycles. The molecule has 1 N–H and O–H groups in total. The monoisotopic (exact) mass is 367 g/mol. The van der Waals surface area contributed by atoms with Crippen molar-refractivity contribution in [2.24, 2.45) is 0 Å². The van der Waals surface area contributed by atoms with E-state index in [0.717, 1.165) is 20.7 Å². The third-order valence-electron chi connectivity index (χ3n) is 2.68. The SMILES string of the molecule is COC(C)(C)CC(C)Nc1ccc(Cl)cc1I. The minimum Gasteiger partial charge on any atom is -0.382 e. The Labute approximate surface area is 122 Å². The number of ether oxygens (including phenoxy) is 1. The number of hydrogen-bond donors (Lipinski definition) is 1. The molecule has 2 nitrogen and oxygen atoms in total. The van der Waals surface area contributed by atoms with E-state index in [2.05, 4.69) is 48.7 Å². The summed E-state index contributed by atoms with van der Waals surface area (Å²) < 4.78 is 6.57. The van der Waals surface area contributed by atoms with Crippen LogP contribution < -0.4 is 5.32 Å². The summed E-state index contributed by atoms with van der Waals surface area (Å²) in [4.78, 5) is 0. The normalized spacial score (nSPS) is 13.5. The Balaban J connectivity index is 2.65. The molecule has 0 bridgehead atoms. The maximum atomic E-state index is 5.93. The first kappa shape index (κ1) is 15.1. The van der Waals surface area contributed by atoms with E-state index in [4.69, 9.17) is 16.3 Å². The molecule has 0 saturated heterocycles. The molecule has 1 atom stereocenters. The highest BCUT2D eigenvalue weighted by Gasteiger charge is 2.20. The highest BCUT2D eigenvalue weighted by atomic mass is 127. The molecule has 1 unspecified atom stereocenters. The Morgan fingerprint density at radius 3 is 2.65 bits per heavy atom. The Bertz CT molecular complexity index is 382. The predicted octanol–water partition coefficient (Wildman–Crippen LogP) is 4.56. The van der Waals surface area contributed by atoms with Crippen molar-refractivity contribution in [2.45, 2.75) is 38.8 Å². The van der Waals surface area contributed by atoms with E-state index in [1.807, 2.05) is 18.2 Å². The van der Waals surface area contributed by atoms with Gasteiger partial charge in [0.15, 0.2) is 0 Å². The summed E-state index contributed by atoms with van der Waals surface area (Å²) in [5.74, 6) is 0. The Morgan fingerprint density at radius 2 is 2.12 bits per heavy atom. The lowest BCUT2D eigenvalue weighted by molar-refractivity contribution is 0.0128. The lowest BCUT2D eigenvalue weighted by atomic mass is 10.00. The molecule has 0 heterocycles. The van der Waals surface area contributed by atoms with Crippen molar-refractivity contribution < 1.29 is 4.74 Å². The molecule has 0 aromatic heterocycles. The first-order chi connectivity index (χ1) is 7.84. The van der Waals surface area contributed by atoms with Crippen LogP contribution in [-0.4, -0.2) is 18.8 Å². The zero-order valence-electron chi connectivity index (χ0n) is 10.7. The van der Waals surface area contributed by atoms with Crippen molar-refractivity contribution in [2.75, 3.05) is 12.4 Å². The van der Waals surface area contributed by atoms with Gasteiger partial charge in [-0.15, -0.1) is 0 Å². The number of rotatable bonds is 5. The van der Waals surface area contributed by atoms with E-state index in [-0.39, 0.29) is 5.60 Å². The Morgan fingerprint density at radius 1 is 1.47 bits per heavy atom. The molecule has 0 radical (unpaired) electrons. The van der Waals surface area contributed by atoms with E-state index in [0.29, 0.717) is 6.04 Å². The minimum absolute atomic E-state index is 0.107. The van der Waals surface area contributed by atoms with Crippen molar-refractivity contribution in [3.05, 3.63) is 26.8 Å². The Kier molecular flexibility index (Phi) is 5.54. The molecule has 0 aliphatic carbocycles. The summed E-state index contributed by atoms with van der Waals surface area (Å²) in [6.45, 7) is 6.35. The van der Waals surface area contributed by atoms with Crippen LogP contribution in [0, 0.1) is 3.57 Å². The maximum Gasteiger partial charge on any atom is 0.0642 e. The lowest BCUT2D eigenvalue weighted by Crippen LogP contribution is -2.31. The van der Waals surface area contributed by atoms with Gasteiger partial charge in [0.1, 0.15) is 0 Å². The van der Waals surface area contributed by atoms with Gasteiger partial charge in [0.25, 0.3) is 0 Å². The first-order valence-corrected chi connectivity index (χ1v) is 7.06. The van der Waals surface area contributed by atoms with E-state index in [1.54, 1.807) is 7.11 Å². The smallest absolute Gasteiger partial charge is 0.0642 e. The van der Waals surface area contributed by atoms with Crippen molar-refractivity contribution >= 4 is 39.9 Å². The van der Waals surface area contributed by atoms with Gasteiger partial charge in [-0.05, 0) is 68.0 Å². The van der Waals surface area contributed by atoms with Gasteiger partial charge in [0, 0.05) is 27.4 Å². The second-order valence-electron chi connectivity index (χ2n) is 4.84. The van der Waals surface area contributed by atoms with E-state index < -0.39 is 0 Å². The van der Waals surface area contributed by atoms with Crippen molar-refractivity contribution in [1.29, 1.82) is 0 Å². The molecule has 0 aliphatic heterocycles. The topological polar surface area (TPSA) is 21.3 Å². The van der Waals surface area contributed by atoms with Gasteiger partial charge in [-0.25, -0.2) is 0 Å². The molecule has 0 amide bonds. The molecule has 1 rings (SSSR count). The van der Waals surface area contributed by atoms with Gasteiger partial charge >= 0.3 is 0 Å². The van der Waals surface area contributed by atoms with Gasteiger partial charge in [0.05, 0.1) is 5.60 Å². The molecule has 1 aromatic rings. The maximum absolute atomic E-state index is 5.93. The van der Waals surface area contributed by atoms with Gasteiger partial charge in [0.2, 0.25) is 0 Å². The highest BCUT2D eigenvalue weighted by Crippen LogP contribution is 2.25. The fourth-order valence-electron chi connectivity index (χ4n) is 1.74. The zero-order valence-corrected chi connectivity index (χ0v) is 13.6. The molecule has 1 aromatic carbocycles. The summed E-state index contributed by atoms with van der Waals surface area (Å²) in [6, 6.07) is 6.22. The molecule has 96 valence electrons. The molecule has 0 aliphatic rings. The van der Waals surface area contributed by atoms with Crippen LogP contribution in [0.4, 0.5) is 5.69 Å². The lowest BCUT2D eigenvalue weighted by Gasteiger charge is -2.27. The van der Waals surface area contributed by atoms with Gasteiger partial charge in [-0.3, -0.25) is 0 Å². The van der Waals surface area contributed by atoms with Crippen molar-refractivity contribution in [3.63, 3.8) is 0 Å². The third kappa shape index (κ3) is 5.02. The molecule has 0 fully saturated rings.